The lowest BCUT2D eigenvalue weighted by atomic mass is 10.1. The van der Waals surface area contributed by atoms with Crippen LogP contribution in [0.15, 0.2) is 72.8 Å². The Morgan fingerprint density at radius 1 is 0.902 bits per heavy atom. The van der Waals surface area contributed by atoms with Gasteiger partial charge >= 0.3 is 6.18 Å². The number of rotatable bonds is 6. The molecule has 41 heavy (non-hydrogen) atoms. The maximum atomic E-state index is 13.5. The van der Waals surface area contributed by atoms with E-state index >= 15 is 0 Å². The zero-order valence-corrected chi connectivity index (χ0v) is 23.3. The number of benzene rings is 3. The lowest BCUT2D eigenvalue weighted by molar-refractivity contribution is -0.137. The van der Waals surface area contributed by atoms with Crippen molar-refractivity contribution < 1.29 is 27.5 Å². The fourth-order valence-corrected chi connectivity index (χ4v) is 5.08. The number of ether oxygens (including phenoxy) is 1. The van der Waals surface area contributed by atoms with Gasteiger partial charge in [0.2, 0.25) is 11.8 Å². The molecule has 3 aromatic rings. The molecule has 1 aliphatic rings. The van der Waals surface area contributed by atoms with Crippen molar-refractivity contribution in [3.05, 3.63) is 89.5 Å². The number of nitrogens with one attached hydrogen (secondary N) is 1. The molecule has 0 radical (unpaired) electrons. The first-order valence-electron chi connectivity index (χ1n) is 13.5. The summed E-state index contributed by atoms with van der Waals surface area (Å²) in [6.45, 7) is 4.77. The van der Waals surface area contributed by atoms with Crippen LogP contribution in [0.2, 0.25) is 0 Å². The highest BCUT2D eigenvalue weighted by atomic mass is 19.4. The fourth-order valence-electron chi connectivity index (χ4n) is 5.08. The second kappa shape index (κ2) is 13.6. The summed E-state index contributed by atoms with van der Waals surface area (Å²) >= 11 is 0. The van der Waals surface area contributed by atoms with Crippen molar-refractivity contribution in [1.82, 2.24) is 9.80 Å². The van der Waals surface area contributed by atoms with Crippen LogP contribution in [-0.4, -0.2) is 61.4 Å². The predicted octanol–water partition coefficient (Wildman–Crippen LogP) is 5.41. The summed E-state index contributed by atoms with van der Waals surface area (Å²) in [6, 6.07) is 20.3. The fraction of sp³-hybridized carbons (Fsp3) is 0.355. The van der Waals surface area contributed by atoms with Crippen molar-refractivity contribution in [2.75, 3.05) is 50.1 Å². The van der Waals surface area contributed by atoms with Gasteiger partial charge in [-0.25, -0.2) is 0 Å². The molecule has 2 amide bonds. The number of para-hydroxylation sites is 2. The van der Waals surface area contributed by atoms with E-state index < -0.39 is 17.6 Å². The van der Waals surface area contributed by atoms with Crippen molar-refractivity contribution in [3.8, 4) is 5.75 Å². The maximum Gasteiger partial charge on any atom is 0.418 e. The number of fused-ring (bicyclic) bond motifs is 1. The zero-order valence-electron chi connectivity index (χ0n) is 23.3. The standard InChI is InChI=1S/C31H35F3N4O3/c1-23(39)38-16-8-15-36(20-24-9-7-11-26(19-24)41-2)17-18-37(21-25-10-3-6-14-29(25)38)22-30(40)35-28-13-5-4-12-27(28)31(32,33)34/h3-7,9-14,19H,8,15-18,20-22H2,1-2H3,(H,35,40). The Bertz CT molecular complexity index is 1350. The van der Waals surface area contributed by atoms with Crippen LogP contribution in [0.5, 0.6) is 5.75 Å². The third-order valence-electron chi connectivity index (χ3n) is 7.06. The van der Waals surface area contributed by atoms with Crippen LogP contribution in [0.1, 0.15) is 30.0 Å². The van der Waals surface area contributed by atoms with E-state index in [9.17, 15) is 22.8 Å². The molecule has 0 saturated carbocycles. The molecule has 10 heteroatoms. The maximum absolute atomic E-state index is 13.5. The molecule has 7 nitrogen and oxygen atoms in total. The minimum Gasteiger partial charge on any atom is -0.497 e. The van der Waals surface area contributed by atoms with Crippen LogP contribution in [-0.2, 0) is 28.9 Å². The Labute approximate surface area is 238 Å². The van der Waals surface area contributed by atoms with Gasteiger partial charge in [0.05, 0.1) is 24.9 Å². The number of methoxy groups -OCH3 is 1. The van der Waals surface area contributed by atoms with Crippen LogP contribution in [0.25, 0.3) is 0 Å². The molecular weight excluding hydrogens is 533 g/mol. The third kappa shape index (κ3) is 8.31. The van der Waals surface area contributed by atoms with Crippen molar-refractivity contribution in [2.45, 2.75) is 32.6 Å². The van der Waals surface area contributed by atoms with Gasteiger partial charge in [0.15, 0.2) is 0 Å². The van der Waals surface area contributed by atoms with E-state index in [4.69, 9.17) is 4.74 Å². The number of nitrogens with zero attached hydrogens (tertiary/aromatic N) is 3. The van der Waals surface area contributed by atoms with Gasteiger partial charge in [0, 0.05) is 51.9 Å². The number of hydrogen-bond acceptors (Lipinski definition) is 5. The smallest absolute Gasteiger partial charge is 0.418 e. The average Bonchev–Trinajstić information content (AvgIpc) is 2.96. The molecule has 1 N–H and O–H groups in total. The van der Waals surface area contributed by atoms with E-state index in [0.717, 1.165) is 35.1 Å². The van der Waals surface area contributed by atoms with Gasteiger partial charge in [0.25, 0.3) is 0 Å². The van der Waals surface area contributed by atoms with Gasteiger partial charge in [-0.2, -0.15) is 13.2 Å². The highest BCUT2D eigenvalue weighted by Crippen LogP contribution is 2.34. The van der Waals surface area contributed by atoms with E-state index in [1.807, 2.05) is 53.4 Å². The van der Waals surface area contributed by atoms with Crippen LogP contribution < -0.4 is 15.0 Å². The first-order valence-corrected chi connectivity index (χ1v) is 13.5. The monoisotopic (exact) mass is 568 g/mol. The van der Waals surface area contributed by atoms with Gasteiger partial charge < -0.3 is 15.0 Å². The second-order valence-electron chi connectivity index (χ2n) is 10.1. The van der Waals surface area contributed by atoms with E-state index in [2.05, 4.69) is 10.2 Å². The summed E-state index contributed by atoms with van der Waals surface area (Å²) < 4.78 is 45.9. The van der Waals surface area contributed by atoms with Crippen LogP contribution in [0.4, 0.5) is 24.5 Å². The second-order valence-corrected chi connectivity index (χ2v) is 10.1. The van der Waals surface area contributed by atoms with Crippen LogP contribution in [0.3, 0.4) is 0 Å². The minimum absolute atomic E-state index is 0.0795. The molecule has 0 aromatic heterocycles. The van der Waals surface area contributed by atoms with E-state index in [0.29, 0.717) is 39.3 Å². The van der Waals surface area contributed by atoms with Gasteiger partial charge in [-0.1, -0.05) is 42.5 Å². The van der Waals surface area contributed by atoms with Crippen molar-refractivity contribution in [3.63, 3.8) is 0 Å². The summed E-state index contributed by atoms with van der Waals surface area (Å²) in [7, 11) is 1.62. The quantitative estimate of drug-likeness (QED) is 0.431. The molecule has 3 aromatic carbocycles. The Morgan fingerprint density at radius 3 is 2.39 bits per heavy atom. The lowest BCUT2D eigenvalue weighted by Crippen LogP contribution is -2.39. The number of carbonyl (C=O) groups excluding carboxylic acids is 2. The number of amides is 2. The van der Waals surface area contributed by atoms with Crippen molar-refractivity contribution in [2.24, 2.45) is 0 Å². The molecule has 0 spiro atoms. The Kier molecular flexibility index (Phi) is 10.0. The van der Waals surface area contributed by atoms with Gasteiger partial charge in [0.1, 0.15) is 5.75 Å². The summed E-state index contributed by atoms with van der Waals surface area (Å²) in [6.07, 6.45) is -3.85. The molecule has 0 unspecified atom stereocenters. The zero-order chi connectivity index (χ0) is 29.4. The molecule has 0 saturated heterocycles. The van der Waals surface area contributed by atoms with Crippen molar-refractivity contribution in [1.29, 1.82) is 0 Å². The van der Waals surface area contributed by atoms with Crippen molar-refractivity contribution >= 4 is 23.2 Å². The number of halogens is 3. The minimum atomic E-state index is -4.59. The van der Waals surface area contributed by atoms with E-state index in [1.54, 1.807) is 12.0 Å². The average molecular weight is 569 g/mol. The Hall–Kier alpha value is -3.89. The summed E-state index contributed by atoms with van der Waals surface area (Å²) in [5, 5.41) is 2.46. The first kappa shape index (κ1) is 30.1. The lowest BCUT2D eigenvalue weighted by Gasteiger charge is -2.27. The number of carbonyl (C=O) groups is 2. The summed E-state index contributed by atoms with van der Waals surface area (Å²) in [5.74, 6) is 0.136. The molecule has 4 rings (SSSR count). The third-order valence-corrected chi connectivity index (χ3v) is 7.06. The van der Waals surface area contributed by atoms with E-state index in [-0.39, 0.29) is 18.1 Å². The van der Waals surface area contributed by atoms with E-state index in [1.165, 1.54) is 25.1 Å². The normalized spacial score (nSPS) is 15.5. The summed E-state index contributed by atoms with van der Waals surface area (Å²) in [4.78, 5) is 31.7. The largest absolute Gasteiger partial charge is 0.497 e. The number of anilines is 2. The highest BCUT2D eigenvalue weighted by molar-refractivity contribution is 5.93. The SMILES string of the molecule is COc1cccc(CN2CCCN(C(C)=O)c3ccccc3CN(CC(=O)Nc3ccccc3C(F)(F)F)CC2)c1. The van der Waals surface area contributed by atoms with Crippen LogP contribution >= 0.6 is 0 Å². The Morgan fingerprint density at radius 2 is 1.63 bits per heavy atom. The highest BCUT2D eigenvalue weighted by Gasteiger charge is 2.33. The van der Waals surface area contributed by atoms with Gasteiger partial charge in [-0.3, -0.25) is 19.4 Å². The first-order chi connectivity index (χ1) is 19.6. The topological polar surface area (TPSA) is 65.1 Å². The molecule has 0 aliphatic carbocycles. The van der Waals surface area contributed by atoms with Gasteiger partial charge in [-0.15, -0.1) is 0 Å². The summed E-state index contributed by atoms with van der Waals surface area (Å²) in [5.41, 5.74) is 1.55. The molecule has 0 atom stereocenters. The molecular formula is C31H35F3N4O3. The molecule has 0 bridgehead atoms. The predicted molar refractivity (Wildman–Crippen MR) is 153 cm³/mol. The molecule has 0 fully saturated rings. The van der Waals surface area contributed by atoms with Gasteiger partial charge in [-0.05, 0) is 47.9 Å². The Balaban J connectivity index is 1.58. The molecule has 1 aliphatic heterocycles. The number of hydrogen-bond donors (Lipinski definition) is 1. The molecule has 218 valence electrons. The number of alkyl halides is 3. The molecule has 1 heterocycles. The van der Waals surface area contributed by atoms with Crippen LogP contribution in [0, 0.1) is 0 Å².